The molecule has 3 rings (SSSR count). The fourth-order valence-electron chi connectivity index (χ4n) is 3.05. The normalized spacial score (nSPS) is 21.7. The summed E-state index contributed by atoms with van der Waals surface area (Å²) in [5.74, 6) is 0.143. The molecule has 2 amide bonds. The van der Waals surface area contributed by atoms with Gasteiger partial charge in [-0.3, -0.25) is 9.59 Å². The minimum atomic E-state index is -0.302. The number of hydrogen-bond acceptors (Lipinski definition) is 3. The zero-order valence-electron chi connectivity index (χ0n) is 13.4. The SMILES string of the molecule is CC(C)N1C[C@@H](C(=O)N2CC(Oc3ccc(F)cc3)C2)CC1=O. The van der Waals surface area contributed by atoms with Gasteiger partial charge in [-0.15, -0.1) is 0 Å². The van der Waals surface area contributed by atoms with Crippen molar-refractivity contribution >= 4 is 11.8 Å². The van der Waals surface area contributed by atoms with Crippen LogP contribution in [0.2, 0.25) is 0 Å². The van der Waals surface area contributed by atoms with Gasteiger partial charge >= 0.3 is 0 Å². The van der Waals surface area contributed by atoms with E-state index in [2.05, 4.69) is 0 Å². The molecule has 2 fully saturated rings. The lowest BCUT2D eigenvalue weighted by atomic mass is 10.0. The summed E-state index contributed by atoms with van der Waals surface area (Å²) in [7, 11) is 0. The Morgan fingerprint density at radius 3 is 2.43 bits per heavy atom. The van der Waals surface area contributed by atoms with Crippen molar-refractivity contribution in [3.8, 4) is 5.75 Å². The topological polar surface area (TPSA) is 49.9 Å². The van der Waals surface area contributed by atoms with Gasteiger partial charge in [-0.25, -0.2) is 4.39 Å². The Bertz CT molecular complexity index is 596. The molecule has 5 nitrogen and oxygen atoms in total. The molecule has 2 aliphatic heterocycles. The Morgan fingerprint density at radius 2 is 1.87 bits per heavy atom. The number of benzene rings is 1. The van der Waals surface area contributed by atoms with Crippen LogP contribution in [0, 0.1) is 11.7 Å². The van der Waals surface area contributed by atoms with Crippen LogP contribution in [0.15, 0.2) is 24.3 Å². The van der Waals surface area contributed by atoms with Crippen LogP contribution < -0.4 is 4.74 Å². The van der Waals surface area contributed by atoms with E-state index in [1.807, 2.05) is 13.8 Å². The Morgan fingerprint density at radius 1 is 1.22 bits per heavy atom. The fraction of sp³-hybridized carbons (Fsp3) is 0.529. The van der Waals surface area contributed by atoms with Gasteiger partial charge in [0.15, 0.2) is 0 Å². The van der Waals surface area contributed by atoms with Crippen molar-refractivity contribution in [3.63, 3.8) is 0 Å². The lowest BCUT2D eigenvalue weighted by molar-refractivity contribution is -0.144. The first kappa shape index (κ1) is 15.8. The van der Waals surface area contributed by atoms with Crippen LogP contribution in [-0.4, -0.2) is 53.4 Å². The van der Waals surface area contributed by atoms with Gasteiger partial charge in [0.2, 0.25) is 11.8 Å². The van der Waals surface area contributed by atoms with E-state index < -0.39 is 0 Å². The molecule has 6 heteroatoms. The number of carbonyl (C=O) groups excluding carboxylic acids is 2. The smallest absolute Gasteiger partial charge is 0.228 e. The van der Waals surface area contributed by atoms with E-state index in [-0.39, 0.29) is 35.7 Å². The second-order valence-corrected chi connectivity index (χ2v) is 6.48. The van der Waals surface area contributed by atoms with Crippen LogP contribution in [0.4, 0.5) is 4.39 Å². The molecule has 1 atom stereocenters. The highest BCUT2D eigenvalue weighted by Crippen LogP contribution is 2.25. The molecule has 0 spiro atoms. The highest BCUT2D eigenvalue weighted by atomic mass is 19.1. The number of likely N-dealkylation sites (tertiary alicyclic amines) is 2. The molecule has 2 aliphatic rings. The summed E-state index contributed by atoms with van der Waals surface area (Å²) in [6, 6.07) is 5.99. The third-order valence-corrected chi connectivity index (χ3v) is 4.41. The predicted octanol–water partition coefficient (Wildman–Crippen LogP) is 1.67. The second kappa shape index (κ2) is 6.18. The zero-order valence-corrected chi connectivity index (χ0v) is 13.4. The highest BCUT2D eigenvalue weighted by molar-refractivity contribution is 5.89. The van der Waals surface area contributed by atoms with Gasteiger partial charge in [0.25, 0.3) is 0 Å². The minimum absolute atomic E-state index is 0.0282. The molecule has 0 N–H and O–H groups in total. The van der Waals surface area contributed by atoms with Crippen molar-refractivity contribution in [1.82, 2.24) is 9.80 Å². The maximum Gasteiger partial charge on any atom is 0.228 e. The Labute approximate surface area is 135 Å². The number of ether oxygens (including phenoxy) is 1. The molecule has 0 radical (unpaired) electrons. The first-order chi connectivity index (χ1) is 10.9. The summed E-state index contributed by atoms with van der Waals surface area (Å²) < 4.78 is 18.5. The van der Waals surface area contributed by atoms with E-state index in [0.29, 0.717) is 31.8 Å². The van der Waals surface area contributed by atoms with Gasteiger partial charge < -0.3 is 14.5 Å². The monoisotopic (exact) mass is 320 g/mol. The average molecular weight is 320 g/mol. The van der Waals surface area contributed by atoms with E-state index in [9.17, 15) is 14.0 Å². The van der Waals surface area contributed by atoms with Crippen molar-refractivity contribution in [3.05, 3.63) is 30.1 Å². The number of amides is 2. The molecule has 2 saturated heterocycles. The van der Waals surface area contributed by atoms with Gasteiger partial charge in [0, 0.05) is 19.0 Å². The minimum Gasteiger partial charge on any atom is -0.487 e. The van der Waals surface area contributed by atoms with Gasteiger partial charge in [-0.05, 0) is 38.1 Å². The highest BCUT2D eigenvalue weighted by Gasteiger charge is 2.41. The number of rotatable bonds is 4. The van der Waals surface area contributed by atoms with Crippen molar-refractivity contribution in [2.45, 2.75) is 32.4 Å². The van der Waals surface area contributed by atoms with Crippen molar-refractivity contribution in [2.24, 2.45) is 5.92 Å². The number of halogens is 1. The molecule has 0 bridgehead atoms. The Kier molecular flexibility index (Phi) is 4.24. The summed E-state index contributed by atoms with van der Waals surface area (Å²) in [4.78, 5) is 27.8. The summed E-state index contributed by atoms with van der Waals surface area (Å²) in [6.45, 7) is 5.46. The average Bonchev–Trinajstić information content (AvgIpc) is 2.86. The van der Waals surface area contributed by atoms with Crippen LogP contribution in [-0.2, 0) is 9.59 Å². The third kappa shape index (κ3) is 3.30. The molecule has 1 aromatic rings. The molecular weight excluding hydrogens is 299 g/mol. The molecule has 0 aliphatic carbocycles. The van der Waals surface area contributed by atoms with E-state index in [1.54, 1.807) is 21.9 Å². The van der Waals surface area contributed by atoms with E-state index in [0.717, 1.165) is 0 Å². The predicted molar refractivity (Wildman–Crippen MR) is 82.4 cm³/mol. The lowest BCUT2D eigenvalue weighted by Crippen LogP contribution is -2.57. The number of carbonyl (C=O) groups is 2. The molecule has 1 aromatic carbocycles. The van der Waals surface area contributed by atoms with Gasteiger partial charge in [0.1, 0.15) is 17.7 Å². The molecule has 0 aromatic heterocycles. The van der Waals surface area contributed by atoms with Crippen molar-refractivity contribution < 1.29 is 18.7 Å². The fourth-order valence-corrected chi connectivity index (χ4v) is 3.05. The van der Waals surface area contributed by atoms with Gasteiger partial charge in [0.05, 0.1) is 19.0 Å². The molecule has 0 unspecified atom stereocenters. The van der Waals surface area contributed by atoms with E-state index in [1.165, 1.54) is 12.1 Å². The summed E-state index contributed by atoms with van der Waals surface area (Å²) in [6.07, 6.45) is 0.236. The molecule has 124 valence electrons. The third-order valence-electron chi connectivity index (χ3n) is 4.41. The zero-order chi connectivity index (χ0) is 16.6. The van der Waals surface area contributed by atoms with Crippen LogP contribution in [0.25, 0.3) is 0 Å². The summed E-state index contributed by atoms with van der Waals surface area (Å²) >= 11 is 0. The van der Waals surface area contributed by atoms with Crippen molar-refractivity contribution in [2.75, 3.05) is 19.6 Å². The molecule has 23 heavy (non-hydrogen) atoms. The Hall–Kier alpha value is -2.11. The van der Waals surface area contributed by atoms with Crippen LogP contribution in [0.3, 0.4) is 0 Å². The molecule has 0 saturated carbocycles. The number of hydrogen-bond donors (Lipinski definition) is 0. The largest absolute Gasteiger partial charge is 0.487 e. The summed E-state index contributed by atoms with van der Waals surface area (Å²) in [5.41, 5.74) is 0. The summed E-state index contributed by atoms with van der Waals surface area (Å²) in [5, 5.41) is 0. The molecule has 2 heterocycles. The standard InChI is InChI=1S/C17H21FN2O3/c1-11(2)20-8-12(7-16(20)21)17(22)19-9-15(10-19)23-14-5-3-13(18)4-6-14/h3-6,11-12,15H,7-10H2,1-2H3/t12-/m0/s1. The first-order valence-electron chi connectivity index (χ1n) is 7.94. The maximum absolute atomic E-state index is 12.8. The Balaban J connectivity index is 1.48. The number of nitrogens with zero attached hydrogens (tertiary/aromatic N) is 2. The first-order valence-corrected chi connectivity index (χ1v) is 7.94. The maximum atomic E-state index is 12.8. The van der Waals surface area contributed by atoms with Gasteiger partial charge in [-0.1, -0.05) is 0 Å². The van der Waals surface area contributed by atoms with E-state index >= 15 is 0 Å². The van der Waals surface area contributed by atoms with Crippen molar-refractivity contribution in [1.29, 1.82) is 0 Å². The van der Waals surface area contributed by atoms with Crippen LogP contribution in [0.5, 0.6) is 5.75 Å². The van der Waals surface area contributed by atoms with Gasteiger partial charge in [-0.2, -0.15) is 0 Å². The van der Waals surface area contributed by atoms with E-state index in [4.69, 9.17) is 4.74 Å². The van der Waals surface area contributed by atoms with Crippen LogP contribution >= 0.6 is 0 Å². The second-order valence-electron chi connectivity index (χ2n) is 6.48. The lowest BCUT2D eigenvalue weighted by Gasteiger charge is -2.40. The van der Waals surface area contributed by atoms with Crippen LogP contribution in [0.1, 0.15) is 20.3 Å². The quantitative estimate of drug-likeness (QED) is 0.848. The molecular formula is C17H21FN2O3.